The van der Waals surface area contributed by atoms with Gasteiger partial charge >= 0.3 is 0 Å². The van der Waals surface area contributed by atoms with Crippen LogP contribution in [0.5, 0.6) is 0 Å². The molecule has 1 aromatic rings. The minimum absolute atomic E-state index is 0.142. The lowest BCUT2D eigenvalue weighted by Gasteiger charge is -2.33. The lowest BCUT2D eigenvalue weighted by Crippen LogP contribution is -3.15. The molecule has 0 aromatic heterocycles. The molecular formula is C16H22FN4OS+. The summed E-state index contributed by atoms with van der Waals surface area (Å²) in [6.07, 6.45) is 2.23. The molecule has 0 spiro atoms. The summed E-state index contributed by atoms with van der Waals surface area (Å²) in [6.45, 7) is 3.78. The smallest absolute Gasteiger partial charge is 0.275 e. The highest BCUT2D eigenvalue weighted by atomic mass is 32.1. The number of piperazine rings is 1. The number of carbonyl (C=O) groups is 1. The van der Waals surface area contributed by atoms with E-state index in [0.29, 0.717) is 23.4 Å². The van der Waals surface area contributed by atoms with Gasteiger partial charge in [-0.05, 0) is 37.2 Å². The number of amides is 1. The first kappa shape index (κ1) is 16.1. The summed E-state index contributed by atoms with van der Waals surface area (Å²) in [5.74, 6) is -0.168. The van der Waals surface area contributed by atoms with Crippen LogP contribution in [0.4, 0.5) is 10.1 Å². The Hall–Kier alpha value is -1.73. The fraction of sp³-hybridized carbons (Fsp3) is 0.500. The number of benzene rings is 1. The first-order valence-electron chi connectivity index (χ1n) is 8.05. The van der Waals surface area contributed by atoms with Crippen LogP contribution >= 0.6 is 12.2 Å². The fourth-order valence-corrected chi connectivity index (χ4v) is 2.99. The molecule has 3 rings (SSSR count). The third kappa shape index (κ3) is 4.62. The van der Waals surface area contributed by atoms with Gasteiger partial charge in [-0.2, -0.15) is 0 Å². The third-order valence-electron chi connectivity index (χ3n) is 4.23. The van der Waals surface area contributed by atoms with Gasteiger partial charge in [0.1, 0.15) is 5.82 Å². The molecular weight excluding hydrogens is 315 g/mol. The van der Waals surface area contributed by atoms with Crippen LogP contribution in [0, 0.1) is 5.82 Å². The molecule has 0 bridgehead atoms. The molecule has 0 atom stereocenters. The minimum atomic E-state index is -0.309. The van der Waals surface area contributed by atoms with Crippen molar-refractivity contribution in [1.82, 2.24) is 10.2 Å². The highest BCUT2D eigenvalue weighted by molar-refractivity contribution is 7.80. The Bertz CT molecular complexity index is 585. The van der Waals surface area contributed by atoms with Crippen molar-refractivity contribution in [1.29, 1.82) is 0 Å². The Balaban J connectivity index is 1.43. The monoisotopic (exact) mass is 337 g/mol. The van der Waals surface area contributed by atoms with Crippen molar-refractivity contribution < 1.29 is 14.1 Å². The molecule has 0 radical (unpaired) electrons. The van der Waals surface area contributed by atoms with E-state index in [1.54, 1.807) is 18.2 Å². The standard InChI is InChI=1S/C16H21FN4OS/c17-13-3-1-2-4-14(13)19-16(23)21-9-7-20(8-10-21)11-15(22)18-12-5-6-12/h1-4,12H,5-11H2,(H,18,22)(H,19,23)/p+1. The zero-order chi connectivity index (χ0) is 16.2. The maximum absolute atomic E-state index is 13.6. The third-order valence-corrected chi connectivity index (χ3v) is 4.59. The molecule has 1 heterocycles. The van der Waals surface area contributed by atoms with Gasteiger partial charge in [0, 0.05) is 6.04 Å². The second-order valence-corrected chi connectivity index (χ2v) is 6.55. The largest absolute Gasteiger partial charge is 0.348 e. The maximum Gasteiger partial charge on any atom is 0.275 e. The van der Waals surface area contributed by atoms with E-state index in [9.17, 15) is 9.18 Å². The van der Waals surface area contributed by atoms with E-state index in [0.717, 1.165) is 39.0 Å². The molecule has 2 aliphatic rings. The summed E-state index contributed by atoms with van der Waals surface area (Å²) in [6, 6.07) is 6.92. The van der Waals surface area contributed by atoms with Crippen molar-refractivity contribution in [3.63, 3.8) is 0 Å². The number of thiocarbonyl (C=S) groups is 1. The van der Waals surface area contributed by atoms with Crippen LogP contribution in [0.15, 0.2) is 24.3 Å². The van der Waals surface area contributed by atoms with Crippen LogP contribution in [-0.4, -0.2) is 54.7 Å². The Morgan fingerprint density at radius 3 is 2.65 bits per heavy atom. The van der Waals surface area contributed by atoms with E-state index in [1.807, 2.05) is 4.90 Å². The molecule has 1 aromatic carbocycles. The predicted octanol–water partition coefficient (Wildman–Crippen LogP) is 0.00160. The number of quaternary nitrogens is 1. The molecule has 7 heteroatoms. The average Bonchev–Trinajstić information content (AvgIpc) is 3.34. The fourth-order valence-electron chi connectivity index (χ4n) is 2.69. The molecule has 2 fully saturated rings. The van der Waals surface area contributed by atoms with E-state index in [2.05, 4.69) is 10.6 Å². The first-order valence-corrected chi connectivity index (χ1v) is 8.46. The van der Waals surface area contributed by atoms with Crippen LogP contribution in [0.25, 0.3) is 0 Å². The molecule has 1 aliphatic carbocycles. The zero-order valence-electron chi connectivity index (χ0n) is 13.0. The molecule has 3 N–H and O–H groups in total. The van der Waals surface area contributed by atoms with E-state index in [-0.39, 0.29) is 11.7 Å². The number of anilines is 1. The van der Waals surface area contributed by atoms with Crippen LogP contribution < -0.4 is 15.5 Å². The SMILES string of the molecule is O=C(C[NH+]1CCN(C(=S)Nc2ccccc2F)CC1)NC1CC1. The molecule has 1 saturated carbocycles. The molecule has 1 amide bonds. The number of hydrogen-bond acceptors (Lipinski definition) is 2. The number of rotatable bonds is 4. The number of nitrogens with zero attached hydrogens (tertiary/aromatic N) is 1. The van der Waals surface area contributed by atoms with E-state index in [4.69, 9.17) is 12.2 Å². The van der Waals surface area contributed by atoms with Crippen molar-refractivity contribution in [3.8, 4) is 0 Å². The van der Waals surface area contributed by atoms with Crippen molar-refractivity contribution in [3.05, 3.63) is 30.1 Å². The predicted molar refractivity (Wildman–Crippen MR) is 90.9 cm³/mol. The van der Waals surface area contributed by atoms with Crippen molar-refractivity contribution >= 4 is 28.9 Å². The van der Waals surface area contributed by atoms with Crippen molar-refractivity contribution in [2.75, 3.05) is 38.0 Å². The van der Waals surface area contributed by atoms with Gasteiger partial charge in [0.25, 0.3) is 5.91 Å². The highest BCUT2D eigenvalue weighted by Crippen LogP contribution is 2.18. The Kier molecular flexibility index (Phi) is 5.07. The number of carbonyl (C=O) groups excluding carboxylic acids is 1. The summed E-state index contributed by atoms with van der Waals surface area (Å²) < 4.78 is 13.6. The van der Waals surface area contributed by atoms with Crippen LogP contribution in [0.1, 0.15) is 12.8 Å². The number of para-hydroxylation sites is 1. The van der Waals surface area contributed by atoms with Gasteiger partial charge in [0.15, 0.2) is 11.7 Å². The van der Waals surface area contributed by atoms with Crippen molar-refractivity contribution in [2.45, 2.75) is 18.9 Å². The van der Waals surface area contributed by atoms with E-state index < -0.39 is 0 Å². The average molecular weight is 337 g/mol. The molecule has 23 heavy (non-hydrogen) atoms. The maximum atomic E-state index is 13.6. The van der Waals surface area contributed by atoms with Gasteiger partial charge in [0.05, 0.1) is 31.9 Å². The Morgan fingerprint density at radius 1 is 1.30 bits per heavy atom. The number of nitrogens with one attached hydrogen (secondary N) is 3. The topological polar surface area (TPSA) is 48.8 Å². The summed E-state index contributed by atoms with van der Waals surface area (Å²) in [7, 11) is 0. The van der Waals surface area contributed by atoms with Gasteiger partial charge in [-0.1, -0.05) is 12.1 Å². The van der Waals surface area contributed by atoms with Crippen LogP contribution in [0.2, 0.25) is 0 Å². The van der Waals surface area contributed by atoms with E-state index >= 15 is 0 Å². The summed E-state index contributed by atoms with van der Waals surface area (Å²) >= 11 is 5.37. The molecule has 1 aliphatic heterocycles. The second-order valence-electron chi connectivity index (χ2n) is 6.17. The van der Waals surface area contributed by atoms with Crippen LogP contribution in [-0.2, 0) is 4.79 Å². The molecule has 1 saturated heterocycles. The lowest BCUT2D eigenvalue weighted by atomic mass is 10.3. The Labute approximate surface area is 140 Å². The summed E-state index contributed by atoms with van der Waals surface area (Å²) in [5.41, 5.74) is 0.399. The normalized spacial score (nSPS) is 18.6. The Morgan fingerprint density at radius 2 is 2.00 bits per heavy atom. The molecule has 124 valence electrons. The van der Waals surface area contributed by atoms with E-state index in [1.165, 1.54) is 11.0 Å². The van der Waals surface area contributed by atoms with Crippen molar-refractivity contribution in [2.24, 2.45) is 0 Å². The summed E-state index contributed by atoms with van der Waals surface area (Å²) in [5, 5.41) is 6.52. The molecule has 5 nitrogen and oxygen atoms in total. The quantitative estimate of drug-likeness (QED) is 0.677. The number of hydrogen-bond donors (Lipinski definition) is 3. The second kappa shape index (κ2) is 7.23. The first-order chi connectivity index (χ1) is 11.1. The number of halogens is 1. The van der Waals surface area contributed by atoms with Gasteiger partial charge in [0.2, 0.25) is 0 Å². The summed E-state index contributed by atoms with van der Waals surface area (Å²) in [4.78, 5) is 15.1. The zero-order valence-corrected chi connectivity index (χ0v) is 13.8. The van der Waals surface area contributed by atoms with Gasteiger partial charge < -0.3 is 20.4 Å². The molecule has 0 unspecified atom stereocenters. The minimum Gasteiger partial charge on any atom is -0.348 e. The van der Waals surface area contributed by atoms with Gasteiger partial charge in [-0.25, -0.2) is 4.39 Å². The highest BCUT2D eigenvalue weighted by Gasteiger charge is 2.27. The lowest BCUT2D eigenvalue weighted by molar-refractivity contribution is -0.895. The van der Waals surface area contributed by atoms with Gasteiger partial charge in [-0.15, -0.1) is 0 Å². The van der Waals surface area contributed by atoms with Crippen LogP contribution in [0.3, 0.4) is 0 Å². The van der Waals surface area contributed by atoms with Gasteiger partial charge in [-0.3, -0.25) is 4.79 Å².